The third kappa shape index (κ3) is 2.89. The average molecular weight is 312 g/mol. The van der Waals surface area contributed by atoms with Crippen LogP contribution in [0.15, 0.2) is 96.0 Å². The highest BCUT2D eigenvalue weighted by molar-refractivity contribution is 6.06. The number of rotatable bonds is 3. The van der Waals surface area contributed by atoms with Crippen molar-refractivity contribution in [1.29, 1.82) is 0 Å². The van der Waals surface area contributed by atoms with Crippen LogP contribution in [0, 0.1) is 0 Å². The van der Waals surface area contributed by atoms with E-state index >= 15 is 0 Å². The minimum absolute atomic E-state index is 0.199. The predicted molar refractivity (Wildman–Crippen MR) is 99.3 cm³/mol. The second kappa shape index (κ2) is 6.81. The first-order valence-electron chi connectivity index (χ1n) is 8.36. The van der Waals surface area contributed by atoms with Gasteiger partial charge in [0.2, 0.25) is 0 Å². The molecule has 0 saturated carbocycles. The van der Waals surface area contributed by atoms with Crippen LogP contribution in [-0.2, 0) is 0 Å². The van der Waals surface area contributed by atoms with E-state index in [2.05, 4.69) is 96.3 Å². The predicted octanol–water partition coefficient (Wildman–Crippen LogP) is 4.56. The Morgan fingerprint density at radius 2 is 1.21 bits per heavy atom. The zero-order chi connectivity index (χ0) is 16.2. The molecule has 3 aromatic rings. The second-order valence-electron chi connectivity index (χ2n) is 6.05. The lowest BCUT2D eigenvalue weighted by Crippen LogP contribution is -2.37. The Balaban J connectivity index is 1.83. The lowest BCUT2D eigenvalue weighted by Gasteiger charge is -2.33. The smallest absolute Gasteiger partial charge is 0.0893 e. The van der Waals surface area contributed by atoms with Crippen molar-refractivity contribution in [2.75, 3.05) is 6.67 Å². The summed E-state index contributed by atoms with van der Waals surface area (Å²) in [6.45, 7) is 0.646. The van der Waals surface area contributed by atoms with E-state index in [1.165, 1.54) is 16.7 Å². The standard InChI is InChI=1S/C22H20N2/c1-4-10-17(11-5-1)20-21(18-12-6-2-7-13-18)23-16-24-22(20)19-14-8-3-9-15-19/h1-15,20-21,23H,16H2. The molecule has 1 aliphatic heterocycles. The number of hydrogen-bond acceptors (Lipinski definition) is 2. The molecule has 2 nitrogen and oxygen atoms in total. The Morgan fingerprint density at radius 3 is 1.83 bits per heavy atom. The minimum atomic E-state index is 0.199. The first-order valence-corrected chi connectivity index (χ1v) is 8.36. The quantitative estimate of drug-likeness (QED) is 0.753. The van der Waals surface area contributed by atoms with Crippen molar-refractivity contribution < 1.29 is 0 Å². The van der Waals surface area contributed by atoms with Crippen LogP contribution >= 0.6 is 0 Å². The van der Waals surface area contributed by atoms with Gasteiger partial charge in [-0.3, -0.25) is 10.3 Å². The summed E-state index contributed by atoms with van der Waals surface area (Å²) in [5, 5.41) is 3.60. The van der Waals surface area contributed by atoms with Crippen LogP contribution in [0.4, 0.5) is 0 Å². The molecule has 1 aliphatic rings. The molecule has 0 radical (unpaired) electrons. The largest absolute Gasteiger partial charge is 0.290 e. The molecule has 2 heteroatoms. The van der Waals surface area contributed by atoms with Crippen LogP contribution in [0.2, 0.25) is 0 Å². The molecule has 1 heterocycles. The molecule has 24 heavy (non-hydrogen) atoms. The van der Waals surface area contributed by atoms with Gasteiger partial charge in [0.05, 0.1) is 12.4 Å². The summed E-state index contributed by atoms with van der Waals surface area (Å²) in [6, 6.07) is 32.1. The molecule has 2 unspecified atom stereocenters. The Morgan fingerprint density at radius 1 is 0.667 bits per heavy atom. The maximum absolute atomic E-state index is 4.84. The summed E-state index contributed by atoms with van der Waals surface area (Å²) >= 11 is 0. The van der Waals surface area contributed by atoms with Crippen molar-refractivity contribution in [3.8, 4) is 0 Å². The highest BCUT2D eigenvalue weighted by atomic mass is 15.1. The first-order chi connectivity index (χ1) is 11.9. The Kier molecular flexibility index (Phi) is 4.22. The normalized spacial score (nSPS) is 20.4. The Hall–Kier alpha value is -2.71. The lowest BCUT2D eigenvalue weighted by atomic mass is 9.80. The number of benzene rings is 3. The van der Waals surface area contributed by atoms with Gasteiger partial charge in [-0.1, -0.05) is 91.0 Å². The van der Waals surface area contributed by atoms with Gasteiger partial charge in [0.15, 0.2) is 0 Å². The summed E-state index contributed by atoms with van der Waals surface area (Å²) < 4.78 is 0. The average Bonchev–Trinajstić information content (AvgIpc) is 2.69. The summed E-state index contributed by atoms with van der Waals surface area (Å²) in [6.07, 6.45) is 0. The van der Waals surface area contributed by atoms with Gasteiger partial charge in [-0.15, -0.1) is 0 Å². The summed E-state index contributed by atoms with van der Waals surface area (Å²) in [7, 11) is 0. The third-order valence-electron chi connectivity index (χ3n) is 4.58. The fourth-order valence-electron chi connectivity index (χ4n) is 3.46. The van der Waals surface area contributed by atoms with E-state index < -0.39 is 0 Å². The molecular formula is C22H20N2. The zero-order valence-electron chi connectivity index (χ0n) is 13.5. The molecule has 0 amide bonds. The monoisotopic (exact) mass is 312 g/mol. The first kappa shape index (κ1) is 14.9. The van der Waals surface area contributed by atoms with E-state index in [0.717, 1.165) is 5.71 Å². The lowest BCUT2D eigenvalue weighted by molar-refractivity contribution is 0.494. The fraction of sp³-hybridized carbons (Fsp3) is 0.136. The van der Waals surface area contributed by atoms with Crippen molar-refractivity contribution in [2.45, 2.75) is 12.0 Å². The summed E-state index contributed by atoms with van der Waals surface area (Å²) in [5.74, 6) is 0.199. The molecule has 0 aliphatic carbocycles. The number of aliphatic imine (C=N–C) groups is 1. The van der Waals surface area contributed by atoms with Crippen LogP contribution < -0.4 is 5.32 Å². The van der Waals surface area contributed by atoms with Gasteiger partial charge in [0, 0.05) is 12.0 Å². The van der Waals surface area contributed by atoms with Crippen molar-refractivity contribution in [1.82, 2.24) is 5.32 Å². The summed E-state index contributed by atoms with van der Waals surface area (Å²) in [4.78, 5) is 4.84. The second-order valence-corrected chi connectivity index (χ2v) is 6.05. The Labute approximate surface area is 142 Å². The van der Waals surface area contributed by atoms with E-state index in [-0.39, 0.29) is 12.0 Å². The molecule has 0 aromatic heterocycles. The number of nitrogens with zero attached hydrogens (tertiary/aromatic N) is 1. The molecule has 0 bridgehead atoms. The maximum atomic E-state index is 4.84. The van der Waals surface area contributed by atoms with Crippen molar-refractivity contribution in [3.63, 3.8) is 0 Å². The van der Waals surface area contributed by atoms with E-state index in [4.69, 9.17) is 4.99 Å². The van der Waals surface area contributed by atoms with Gasteiger partial charge in [0.25, 0.3) is 0 Å². The molecule has 1 N–H and O–H groups in total. The molecule has 0 spiro atoms. The number of hydrogen-bond donors (Lipinski definition) is 1. The maximum Gasteiger partial charge on any atom is 0.0893 e. The zero-order valence-corrected chi connectivity index (χ0v) is 13.5. The van der Waals surface area contributed by atoms with Gasteiger partial charge in [-0.2, -0.15) is 0 Å². The van der Waals surface area contributed by atoms with Gasteiger partial charge in [-0.05, 0) is 16.7 Å². The van der Waals surface area contributed by atoms with Crippen molar-refractivity contribution in [2.24, 2.45) is 4.99 Å². The molecule has 4 rings (SSSR count). The SMILES string of the molecule is c1ccc(C2=NCNC(c3ccccc3)C2c2ccccc2)cc1. The molecular weight excluding hydrogens is 292 g/mol. The molecule has 0 fully saturated rings. The van der Waals surface area contributed by atoms with Gasteiger partial charge in [-0.25, -0.2) is 0 Å². The van der Waals surface area contributed by atoms with Gasteiger partial charge in [0.1, 0.15) is 0 Å². The van der Waals surface area contributed by atoms with Crippen LogP contribution in [0.1, 0.15) is 28.7 Å². The van der Waals surface area contributed by atoms with Gasteiger partial charge < -0.3 is 0 Å². The van der Waals surface area contributed by atoms with Crippen LogP contribution in [0.3, 0.4) is 0 Å². The Bertz CT molecular complexity index is 810. The van der Waals surface area contributed by atoms with E-state index in [0.29, 0.717) is 6.67 Å². The highest BCUT2D eigenvalue weighted by Crippen LogP contribution is 2.36. The van der Waals surface area contributed by atoms with Crippen molar-refractivity contribution in [3.05, 3.63) is 108 Å². The van der Waals surface area contributed by atoms with Crippen LogP contribution in [-0.4, -0.2) is 12.4 Å². The molecule has 118 valence electrons. The number of nitrogens with one attached hydrogen (secondary N) is 1. The van der Waals surface area contributed by atoms with E-state index in [1.807, 2.05) is 0 Å². The van der Waals surface area contributed by atoms with Crippen LogP contribution in [0.5, 0.6) is 0 Å². The van der Waals surface area contributed by atoms with Crippen molar-refractivity contribution >= 4 is 5.71 Å². The van der Waals surface area contributed by atoms with E-state index in [9.17, 15) is 0 Å². The molecule has 2 atom stereocenters. The summed E-state index contributed by atoms with van der Waals surface area (Å²) in [5.41, 5.74) is 4.96. The van der Waals surface area contributed by atoms with Crippen LogP contribution in [0.25, 0.3) is 0 Å². The topological polar surface area (TPSA) is 24.4 Å². The minimum Gasteiger partial charge on any atom is -0.290 e. The highest BCUT2D eigenvalue weighted by Gasteiger charge is 2.32. The molecule has 3 aromatic carbocycles. The molecule has 0 saturated heterocycles. The third-order valence-corrected chi connectivity index (χ3v) is 4.58. The fourth-order valence-corrected chi connectivity index (χ4v) is 3.46. The van der Waals surface area contributed by atoms with E-state index in [1.54, 1.807) is 0 Å². The van der Waals surface area contributed by atoms with Gasteiger partial charge >= 0.3 is 0 Å².